The van der Waals surface area contributed by atoms with Crippen LogP contribution in [0.5, 0.6) is 5.75 Å². The quantitative estimate of drug-likeness (QED) is 0.133. The van der Waals surface area contributed by atoms with Gasteiger partial charge >= 0.3 is 0 Å². The summed E-state index contributed by atoms with van der Waals surface area (Å²) in [7, 11) is 1.60. The Morgan fingerprint density at radius 2 is 1.94 bits per heavy atom. The normalized spacial score (nSPS) is 11.5. The zero-order valence-electron chi connectivity index (χ0n) is 19.9. The molecule has 0 saturated carbocycles. The predicted octanol–water partition coefficient (Wildman–Crippen LogP) is 6.27. The van der Waals surface area contributed by atoms with Gasteiger partial charge in [0.1, 0.15) is 10.4 Å². The average molecular weight is 547 g/mol. The van der Waals surface area contributed by atoms with Gasteiger partial charge in [-0.1, -0.05) is 72.8 Å². The number of hydrogen-bond donors (Lipinski definition) is 0. The largest absolute Gasteiger partial charge is 0.495 e. The molecule has 2 aromatic heterocycles. The molecule has 0 bridgehead atoms. The zero-order chi connectivity index (χ0) is 24.9. The summed E-state index contributed by atoms with van der Waals surface area (Å²) in [6.07, 6.45) is 0. The van der Waals surface area contributed by atoms with Gasteiger partial charge in [-0.15, -0.1) is 0 Å². The second kappa shape index (κ2) is 11.7. The van der Waals surface area contributed by atoms with Crippen LogP contribution in [0.25, 0.3) is 16.0 Å². The lowest BCUT2D eigenvalue weighted by Gasteiger charge is -2.18. The average Bonchev–Trinajstić information content (AvgIpc) is 3.19. The molecule has 0 aliphatic heterocycles. The Hall–Kier alpha value is -2.17. The fourth-order valence-corrected chi connectivity index (χ4v) is 6.32. The number of nitrogens with zero attached hydrogens (tertiary/aromatic N) is 4. The van der Waals surface area contributed by atoms with E-state index in [0.717, 1.165) is 25.2 Å². The molecule has 4 rings (SSSR count). The molecule has 0 radical (unpaired) electrons. The van der Waals surface area contributed by atoms with Crippen LogP contribution in [-0.2, 0) is 12.3 Å². The molecule has 0 saturated heterocycles. The van der Waals surface area contributed by atoms with Gasteiger partial charge in [0.25, 0.3) is 5.56 Å². The lowest BCUT2D eigenvalue weighted by atomic mass is 10.2. The highest BCUT2D eigenvalue weighted by molar-refractivity contribution is 7.98. The van der Waals surface area contributed by atoms with Crippen molar-refractivity contribution in [3.05, 3.63) is 73.4 Å². The molecule has 0 fully saturated rings. The Labute approximate surface area is 223 Å². The molecule has 35 heavy (non-hydrogen) atoms. The van der Waals surface area contributed by atoms with Gasteiger partial charge in [-0.25, -0.2) is 4.98 Å². The van der Waals surface area contributed by atoms with E-state index in [9.17, 15) is 4.79 Å². The third-order valence-electron chi connectivity index (χ3n) is 5.78. The molecule has 2 aromatic carbocycles. The number of aromatic nitrogens is 3. The minimum atomic E-state index is -0.147. The first-order valence-corrected chi connectivity index (χ1v) is 13.9. The molecular formula is C25H27ClN4O2S3. The molecule has 0 unspecified atom stereocenters. The molecule has 0 aliphatic carbocycles. The van der Waals surface area contributed by atoms with E-state index >= 15 is 0 Å². The number of likely N-dealkylation sites (N-methyl/N-ethyl adjacent to an activating group) is 1. The van der Waals surface area contributed by atoms with Gasteiger partial charge in [-0.05, 0) is 55.1 Å². The SMILES string of the molecule is CCN(CC)CCn1c(=S)sc2c(=O)n(-c3ccccc3OC)c(SCc3cccc(Cl)c3)nc21. The summed E-state index contributed by atoms with van der Waals surface area (Å²) in [5.74, 6) is 1.21. The summed E-state index contributed by atoms with van der Waals surface area (Å²) < 4.78 is 10.4. The van der Waals surface area contributed by atoms with E-state index in [-0.39, 0.29) is 5.56 Å². The van der Waals surface area contributed by atoms with Crippen molar-refractivity contribution in [3.8, 4) is 11.4 Å². The lowest BCUT2D eigenvalue weighted by Crippen LogP contribution is -2.27. The molecule has 184 valence electrons. The first-order valence-electron chi connectivity index (χ1n) is 11.4. The molecular weight excluding hydrogens is 520 g/mol. The highest BCUT2D eigenvalue weighted by Crippen LogP contribution is 2.30. The van der Waals surface area contributed by atoms with Gasteiger partial charge in [-0.2, -0.15) is 0 Å². The zero-order valence-corrected chi connectivity index (χ0v) is 23.1. The first kappa shape index (κ1) is 25.9. The molecule has 6 nitrogen and oxygen atoms in total. The summed E-state index contributed by atoms with van der Waals surface area (Å²) in [5.41, 5.74) is 2.19. The molecule has 10 heteroatoms. The van der Waals surface area contributed by atoms with Gasteiger partial charge in [0.2, 0.25) is 0 Å². The third kappa shape index (κ3) is 5.65. The third-order valence-corrected chi connectivity index (χ3v) is 8.45. The highest BCUT2D eigenvalue weighted by atomic mass is 35.5. The van der Waals surface area contributed by atoms with Gasteiger partial charge in [0.05, 0.1) is 12.8 Å². The van der Waals surface area contributed by atoms with E-state index in [4.69, 9.17) is 33.5 Å². The minimum Gasteiger partial charge on any atom is -0.495 e. The topological polar surface area (TPSA) is 52.3 Å². The second-order valence-corrected chi connectivity index (χ2v) is 10.8. The Kier molecular flexibility index (Phi) is 8.67. The van der Waals surface area contributed by atoms with Gasteiger partial charge < -0.3 is 14.2 Å². The van der Waals surface area contributed by atoms with Gasteiger partial charge in [0.15, 0.2) is 14.8 Å². The van der Waals surface area contributed by atoms with E-state index in [2.05, 4.69) is 18.7 Å². The van der Waals surface area contributed by atoms with Crippen LogP contribution < -0.4 is 10.3 Å². The van der Waals surface area contributed by atoms with Crippen LogP contribution in [0.4, 0.5) is 0 Å². The maximum absolute atomic E-state index is 13.9. The first-order chi connectivity index (χ1) is 17.0. The van der Waals surface area contributed by atoms with Gasteiger partial charge in [0, 0.05) is 23.9 Å². The number of benzene rings is 2. The lowest BCUT2D eigenvalue weighted by molar-refractivity contribution is 0.291. The van der Waals surface area contributed by atoms with E-state index in [1.54, 1.807) is 11.7 Å². The number of methoxy groups -OCH3 is 1. The van der Waals surface area contributed by atoms with E-state index in [1.165, 1.54) is 23.1 Å². The number of para-hydroxylation sites is 2. The van der Waals surface area contributed by atoms with E-state index in [0.29, 0.717) is 48.2 Å². The molecule has 0 amide bonds. The summed E-state index contributed by atoms with van der Waals surface area (Å²) >= 11 is 14.7. The number of halogens is 1. The number of thiazole rings is 1. The number of rotatable bonds is 10. The standard InChI is InChI=1S/C25H27ClN4O2S3/c1-4-28(5-2)13-14-29-22-21(35-25(29)33)23(31)30(19-11-6-7-12-20(19)32-3)24(27-22)34-16-17-9-8-10-18(26)15-17/h6-12,15H,4-5,13-14,16H2,1-3H3. The summed E-state index contributed by atoms with van der Waals surface area (Å²) in [4.78, 5) is 21.2. The molecule has 0 aliphatic rings. The van der Waals surface area contributed by atoms with Crippen LogP contribution in [-0.4, -0.2) is 45.8 Å². The van der Waals surface area contributed by atoms with Crippen LogP contribution in [0, 0.1) is 3.95 Å². The summed E-state index contributed by atoms with van der Waals surface area (Å²) in [6.45, 7) is 7.73. The Balaban J connectivity index is 1.86. The Morgan fingerprint density at radius 3 is 2.66 bits per heavy atom. The van der Waals surface area contributed by atoms with Crippen LogP contribution in [0.3, 0.4) is 0 Å². The molecule has 0 N–H and O–H groups in total. The van der Waals surface area contributed by atoms with Crippen molar-refractivity contribution in [2.24, 2.45) is 0 Å². The Morgan fingerprint density at radius 1 is 1.17 bits per heavy atom. The van der Waals surface area contributed by atoms with Crippen LogP contribution >= 0.6 is 46.9 Å². The number of thioether (sulfide) groups is 1. The van der Waals surface area contributed by atoms with Crippen LogP contribution in [0.15, 0.2) is 58.5 Å². The smallest absolute Gasteiger partial charge is 0.278 e. The molecule has 2 heterocycles. The fraction of sp³-hybridized carbons (Fsp3) is 0.320. The van der Waals surface area contributed by atoms with Gasteiger partial charge in [-0.3, -0.25) is 9.36 Å². The fourth-order valence-electron chi connectivity index (χ4n) is 3.85. The molecule has 0 spiro atoms. The highest BCUT2D eigenvalue weighted by Gasteiger charge is 2.20. The molecule has 0 atom stereocenters. The number of fused-ring (bicyclic) bond motifs is 1. The monoisotopic (exact) mass is 546 g/mol. The summed E-state index contributed by atoms with van der Waals surface area (Å²) in [5, 5.41) is 1.26. The Bertz CT molecular complexity index is 1440. The predicted molar refractivity (Wildman–Crippen MR) is 149 cm³/mol. The van der Waals surface area contributed by atoms with Crippen molar-refractivity contribution in [1.82, 2.24) is 19.0 Å². The van der Waals surface area contributed by atoms with Crippen molar-refractivity contribution in [2.45, 2.75) is 31.3 Å². The van der Waals surface area contributed by atoms with Crippen molar-refractivity contribution in [3.63, 3.8) is 0 Å². The van der Waals surface area contributed by atoms with E-state index in [1.807, 2.05) is 53.1 Å². The van der Waals surface area contributed by atoms with Crippen molar-refractivity contribution < 1.29 is 4.74 Å². The number of hydrogen-bond acceptors (Lipinski definition) is 7. The van der Waals surface area contributed by atoms with Crippen molar-refractivity contribution in [2.75, 3.05) is 26.7 Å². The second-order valence-electron chi connectivity index (χ2n) is 7.82. The van der Waals surface area contributed by atoms with Crippen molar-refractivity contribution >= 4 is 57.3 Å². The van der Waals surface area contributed by atoms with E-state index < -0.39 is 0 Å². The minimum absolute atomic E-state index is 0.147. The summed E-state index contributed by atoms with van der Waals surface area (Å²) in [6, 6.07) is 15.2. The van der Waals surface area contributed by atoms with Crippen molar-refractivity contribution in [1.29, 1.82) is 0 Å². The molecule has 4 aromatic rings. The maximum atomic E-state index is 13.9. The number of ether oxygens (including phenoxy) is 1. The maximum Gasteiger partial charge on any atom is 0.278 e. The van der Waals surface area contributed by atoms with Crippen LogP contribution in [0.1, 0.15) is 19.4 Å². The van der Waals surface area contributed by atoms with Crippen LogP contribution in [0.2, 0.25) is 5.02 Å².